The number of aromatic nitrogens is 3. The van der Waals surface area contributed by atoms with E-state index < -0.39 is 5.97 Å². The Balaban J connectivity index is 1.38. The first-order chi connectivity index (χ1) is 16.0. The second-order valence-electron chi connectivity index (χ2n) is 6.78. The van der Waals surface area contributed by atoms with Gasteiger partial charge in [-0.05, 0) is 49.4 Å². The van der Waals surface area contributed by atoms with Crippen molar-refractivity contribution in [2.75, 3.05) is 17.6 Å². The lowest BCUT2D eigenvalue weighted by molar-refractivity contribution is 0.0696. The minimum absolute atomic E-state index is 0.0977. The Morgan fingerprint density at radius 3 is 2.79 bits per heavy atom. The van der Waals surface area contributed by atoms with Crippen LogP contribution in [0.5, 0.6) is 11.5 Å². The van der Waals surface area contributed by atoms with Crippen molar-refractivity contribution in [1.82, 2.24) is 15.0 Å². The Morgan fingerprint density at radius 2 is 2.00 bits per heavy atom. The van der Waals surface area contributed by atoms with Crippen LogP contribution in [0.25, 0.3) is 10.6 Å². The summed E-state index contributed by atoms with van der Waals surface area (Å²) in [4.78, 5) is 25.7. The number of aryl methyl sites for hydroxylation is 1. The van der Waals surface area contributed by atoms with Crippen molar-refractivity contribution in [3.05, 3.63) is 77.2 Å². The highest BCUT2D eigenvalue weighted by Crippen LogP contribution is 2.35. The minimum atomic E-state index is -1.05. The third kappa shape index (κ3) is 5.81. The number of rotatable bonds is 9. The molecule has 0 spiro atoms. The number of carboxylic acid groups (broad SMARTS) is 1. The lowest BCUT2D eigenvalue weighted by atomic mass is 10.2. The van der Waals surface area contributed by atoms with E-state index in [4.69, 9.17) is 16.3 Å². The number of ether oxygens (including phenoxy) is 1. The van der Waals surface area contributed by atoms with E-state index in [0.29, 0.717) is 28.1 Å². The number of anilines is 1. The maximum absolute atomic E-state index is 11.2. The smallest absolute Gasteiger partial charge is 0.335 e. The van der Waals surface area contributed by atoms with Crippen molar-refractivity contribution < 1.29 is 14.6 Å². The fourth-order valence-electron chi connectivity index (χ4n) is 2.91. The number of carboxylic acids is 1. The molecule has 7 nitrogen and oxygen atoms in total. The number of nitrogens with one attached hydrogen (secondary N) is 1. The molecule has 4 aromatic rings. The largest absolute Gasteiger partial charge is 0.478 e. The zero-order valence-corrected chi connectivity index (χ0v) is 19.9. The summed E-state index contributed by atoms with van der Waals surface area (Å²) in [6, 6.07) is 13.7. The number of halogens is 1. The van der Waals surface area contributed by atoms with Gasteiger partial charge in [-0.3, -0.25) is 4.98 Å². The maximum Gasteiger partial charge on any atom is 0.335 e. The van der Waals surface area contributed by atoms with Crippen molar-refractivity contribution in [3.8, 4) is 22.1 Å². The Hall–Kier alpha value is -3.14. The van der Waals surface area contributed by atoms with Crippen LogP contribution in [-0.2, 0) is 0 Å². The second-order valence-corrected chi connectivity index (χ2v) is 9.27. The number of benzene rings is 1. The summed E-state index contributed by atoms with van der Waals surface area (Å²) in [5, 5.41) is 14.4. The molecule has 3 heterocycles. The molecular formula is C23H19ClN4O3S2. The molecule has 0 unspecified atom stereocenters. The molecule has 1 aromatic carbocycles. The zero-order chi connectivity index (χ0) is 23.2. The third-order valence-corrected chi connectivity index (χ3v) is 6.88. The first-order valence-electron chi connectivity index (χ1n) is 9.92. The van der Waals surface area contributed by atoms with Gasteiger partial charge in [0.05, 0.1) is 26.9 Å². The van der Waals surface area contributed by atoms with Crippen LogP contribution in [0.15, 0.2) is 66.0 Å². The monoisotopic (exact) mass is 498 g/mol. The summed E-state index contributed by atoms with van der Waals surface area (Å²) in [6.45, 7) is 2.65. The van der Waals surface area contributed by atoms with E-state index in [2.05, 4.69) is 20.3 Å². The summed E-state index contributed by atoms with van der Waals surface area (Å²) in [5.74, 6) is 0.444. The molecule has 4 rings (SSSR count). The summed E-state index contributed by atoms with van der Waals surface area (Å²) in [5.41, 5.74) is 1.95. The molecule has 0 radical (unpaired) electrons. The van der Waals surface area contributed by atoms with E-state index in [1.807, 2.05) is 25.1 Å². The maximum atomic E-state index is 11.2. The van der Waals surface area contributed by atoms with Gasteiger partial charge in [-0.1, -0.05) is 29.0 Å². The van der Waals surface area contributed by atoms with Crippen LogP contribution in [0.3, 0.4) is 0 Å². The lowest BCUT2D eigenvalue weighted by Gasteiger charge is -2.11. The Morgan fingerprint density at radius 1 is 1.15 bits per heavy atom. The van der Waals surface area contributed by atoms with Crippen LogP contribution in [-0.4, -0.2) is 38.3 Å². The average Bonchev–Trinajstić information content (AvgIpc) is 3.20. The van der Waals surface area contributed by atoms with Crippen LogP contribution in [0, 0.1) is 6.92 Å². The normalized spacial score (nSPS) is 10.7. The Bertz CT molecular complexity index is 1270. The molecule has 168 valence electrons. The van der Waals surface area contributed by atoms with E-state index >= 15 is 0 Å². The van der Waals surface area contributed by atoms with Crippen molar-refractivity contribution in [2.45, 2.75) is 11.9 Å². The molecule has 0 atom stereocenters. The first-order valence-corrected chi connectivity index (χ1v) is 12.1. The Labute approximate surface area is 203 Å². The topological polar surface area (TPSA) is 97.2 Å². The third-order valence-electron chi connectivity index (χ3n) is 4.45. The highest BCUT2D eigenvalue weighted by molar-refractivity contribution is 7.99. The number of hydrogen-bond acceptors (Lipinski definition) is 8. The van der Waals surface area contributed by atoms with Crippen LogP contribution < -0.4 is 10.1 Å². The molecule has 0 amide bonds. The number of aromatic carboxylic acids is 1. The molecule has 0 saturated carbocycles. The van der Waals surface area contributed by atoms with Gasteiger partial charge in [0.25, 0.3) is 0 Å². The molecule has 2 N–H and O–H groups in total. The molecular weight excluding hydrogens is 480 g/mol. The standard InChI is InChI=1S/C23H19ClN4O3S2/c1-14-20(17-5-2-3-9-25-17)33-23(28-14)27-11-12-32-21-18(6-4-10-26-21)31-19-13-15(22(29)30)7-8-16(19)24/h2-10,13H,11-12H2,1H3,(H,27,28)(H,29,30). The van der Waals surface area contributed by atoms with Gasteiger partial charge < -0.3 is 15.2 Å². The van der Waals surface area contributed by atoms with Crippen molar-refractivity contribution in [1.29, 1.82) is 0 Å². The van der Waals surface area contributed by atoms with Crippen molar-refractivity contribution in [2.24, 2.45) is 0 Å². The predicted molar refractivity (Wildman–Crippen MR) is 132 cm³/mol. The minimum Gasteiger partial charge on any atom is -0.478 e. The quantitative estimate of drug-likeness (QED) is 0.206. The lowest BCUT2D eigenvalue weighted by Crippen LogP contribution is -2.04. The zero-order valence-electron chi connectivity index (χ0n) is 17.5. The van der Waals surface area contributed by atoms with Gasteiger partial charge in [0.15, 0.2) is 10.9 Å². The van der Waals surface area contributed by atoms with Gasteiger partial charge >= 0.3 is 5.97 Å². The molecule has 0 aliphatic rings. The fourth-order valence-corrected chi connectivity index (χ4v) is 4.82. The summed E-state index contributed by atoms with van der Waals surface area (Å²) < 4.78 is 5.90. The number of thioether (sulfide) groups is 1. The van der Waals surface area contributed by atoms with Crippen molar-refractivity contribution >= 4 is 45.8 Å². The Kier molecular flexibility index (Phi) is 7.43. The first kappa shape index (κ1) is 23.0. The molecule has 33 heavy (non-hydrogen) atoms. The van der Waals surface area contributed by atoms with E-state index in [0.717, 1.165) is 21.4 Å². The van der Waals surface area contributed by atoms with Crippen LogP contribution in [0.4, 0.5) is 5.13 Å². The number of hydrogen-bond donors (Lipinski definition) is 2. The molecule has 0 saturated heterocycles. The molecule has 0 aliphatic carbocycles. The SMILES string of the molecule is Cc1nc(NCCSc2ncccc2Oc2cc(C(=O)O)ccc2Cl)sc1-c1ccccn1. The van der Waals surface area contributed by atoms with Crippen LogP contribution in [0.1, 0.15) is 16.1 Å². The second kappa shape index (κ2) is 10.7. The highest BCUT2D eigenvalue weighted by atomic mass is 35.5. The summed E-state index contributed by atoms with van der Waals surface area (Å²) in [6.07, 6.45) is 3.46. The van der Waals surface area contributed by atoms with Crippen LogP contribution >= 0.6 is 34.7 Å². The summed E-state index contributed by atoms with van der Waals surface area (Å²) in [7, 11) is 0. The predicted octanol–water partition coefficient (Wildman–Crippen LogP) is 6.26. The van der Waals surface area contributed by atoms with E-state index in [1.165, 1.54) is 30.0 Å². The number of thiazole rings is 1. The van der Waals surface area contributed by atoms with E-state index in [1.54, 1.807) is 35.9 Å². The fraction of sp³-hybridized carbons (Fsp3) is 0.130. The van der Waals surface area contributed by atoms with E-state index in [9.17, 15) is 9.90 Å². The molecule has 10 heteroatoms. The van der Waals surface area contributed by atoms with Gasteiger partial charge in [0.2, 0.25) is 0 Å². The van der Waals surface area contributed by atoms with Gasteiger partial charge in [-0.25, -0.2) is 14.8 Å². The van der Waals surface area contributed by atoms with Gasteiger partial charge in [0, 0.05) is 24.7 Å². The van der Waals surface area contributed by atoms with Gasteiger partial charge in [-0.2, -0.15) is 0 Å². The number of pyridine rings is 2. The van der Waals surface area contributed by atoms with Crippen molar-refractivity contribution in [3.63, 3.8) is 0 Å². The average molecular weight is 499 g/mol. The summed E-state index contributed by atoms with van der Waals surface area (Å²) >= 11 is 9.28. The van der Waals surface area contributed by atoms with Gasteiger partial charge in [-0.15, -0.1) is 11.8 Å². The van der Waals surface area contributed by atoms with E-state index in [-0.39, 0.29) is 11.3 Å². The van der Waals surface area contributed by atoms with Gasteiger partial charge in [0.1, 0.15) is 10.8 Å². The number of carbonyl (C=O) groups is 1. The molecule has 0 fully saturated rings. The molecule has 3 aromatic heterocycles. The highest BCUT2D eigenvalue weighted by Gasteiger charge is 2.13. The number of nitrogens with zero attached hydrogens (tertiary/aromatic N) is 3. The molecule has 0 aliphatic heterocycles. The molecule has 0 bridgehead atoms. The van der Waals surface area contributed by atoms with Crippen LogP contribution in [0.2, 0.25) is 5.02 Å².